The molecule has 14 heteroatoms. The van der Waals surface area contributed by atoms with Gasteiger partial charge in [0.05, 0.1) is 19.8 Å². The third-order valence-electron chi connectivity index (χ3n) is 7.32. The fourth-order valence-corrected chi connectivity index (χ4v) is 5.09. The van der Waals surface area contributed by atoms with Crippen LogP contribution in [0.2, 0.25) is 18.1 Å². The van der Waals surface area contributed by atoms with E-state index in [0.717, 1.165) is 0 Å². The number of carbonyl (C=O) groups is 2. The predicted molar refractivity (Wildman–Crippen MR) is 139 cm³/mol. The molecule has 1 amide bonds. The Morgan fingerprint density at radius 3 is 2.52 bits per heavy atom. The fourth-order valence-electron chi connectivity index (χ4n) is 4.09. The highest BCUT2D eigenvalue weighted by Crippen LogP contribution is 2.38. The SMILES string of the molecule is C=CCO[C@H]1O[C@@H]2COC(C)(C)O[C@H]2[C@H](O[C@@H]2C=CC(=O)[C@H](CO[Si](C)(C)C(C)(C)C)O2)[C@H]1NC(=O)C(F)(F)F. The van der Waals surface area contributed by atoms with Gasteiger partial charge in [0.2, 0.25) is 0 Å². The summed E-state index contributed by atoms with van der Waals surface area (Å²) in [4.78, 5) is 24.6. The molecule has 0 radical (unpaired) electrons. The summed E-state index contributed by atoms with van der Waals surface area (Å²) in [5.41, 5.74) is 0. The second kappa shape index (κ2) is 12.3. The molecule has 0 bridgehead atoms. The molecule has 2 saturated heterocycles. The lowest BCUT2D eigenvalue weighted by Gasteiger charge is -2.51. The molecule has 3 aliphatic rings. The quantitative estimate of drug-likeness (QED) is 0.317. The lowest BCUT2D eigenvalue weighted by atomic mass is 9.94. The number of ketones is 1. The van der Waals surface area contributed by atoms with Crippen LogP contribution in [0.3, 0.4) is 0 Å². The number of rotatable bonds is 9. The van der Waals surface area contributed by atoms with Gasteiger partial charge in [-0.3, -0.25) is 9.59 Å². The van der Waals surface area contributed by atoms with Crippen LogP contribution >= 0.6 is 0 Å². The van der Waals surface area contributed by atoms with Crippen molar-refractivity contribution < 1.29 is 55.6 Å². The van der Waals surface area contributed by atoms with E-state index < -0.39 is 69.2 Å². The molecule has 0 spiro atoms. The summed E-state index contributed by atoms with van der Waals surface area (Å²) in [6.07, 6.45) is -7.74. The number of fused-ring (bicyclic) bond motifs is 1. The summed E-state index contributed by atoms with van der Waals surface area (Å²) in [6.45, 7) is 17.0. The first-order valence-corrected chi connectivity index (χ1v) is 16.0. The Hall–Kier alpha value is -1.65. The average Bonchev–Trinajstić information content (AvgIpc) is 2.83. The van der Waals surface area contributed by atoms with Gasteiger partial charge in [0.1, 0.15) is 30.5 Å². The van der Waals surface area contributed by atoms with Gasteiger partial charge in [-0.25, -0.2) is 0 Å². The number of alkyl halides is 3. The topological polar surface area (TPSA) is 111 Å². The first-order chi connectivity index (χ1) is 18.3. The van der Waals surface area contributed by atoms with Crippen LogP contribution in [0.5, 0.6) is 0 Å². The lowest BCUT2D eigenvalue weighted by molar-refractivity contribution is -0.379. The standard InChI is InChI=1S/C26H40F3NO9Si/c1-9-12-33-22-19(30-23(32)26(27,28)29)21(20-17(37-22)13-34-25(5,6)39-20)38-18-11-10-15(31)16(36-18)14-35-40(7,8)24(2,3)4/h9-11,16-22H,1,12-14H2,2-8H3,(H,30,32)/t16-,17+,18+,19+,20+,21+,22-/m0/s1. The molecule has 2 fully saturated rings. The maximum Gasteiger partial charge on any atom is 0.471 e. The van der Waals surface area contributed by atoms with E-state index in [1.165, 1.54) is 18.2 Å². The molecule has 0 unspecified atom stereocenters. The second-order valence-corrected chi connectivity index (χ2v) is 16.7. The van der Waals surface area contributed by atoms with Crippen LogP contribution < -0.4 is 5.32 Å². The molecule has 10 nitrogen and oxygen atoms in total. The Morgan fingerprint density at radius 1 is 1.25 bits per heavy atom. The van der Waals surface area contributed by atoms with Crippen molar-refractivity contribution >= 4 is 20.0 Å². The average molecular weight is 596 g/mol. The van der Waals surface area contributed by atoms with Crippen molar-refractivity contribution in [1.82, 2.24) is 5.32 Å². The van der Waals surface area contributed by atoms with E-state index in [-0.39, 0.29) is 30.6 Å². The van der Waals surface area contributed by atoms with Crippen molar-refractivity contribution in [2.24, 2.45) is 0 Å². The molecule has 1 N–H and O–H groups in total. The molecule has 228 valence electrons. The number of hydrogen-bond donors (Lipinski definition) is 1. The molecule has 40 heavy (non-hydrogen) atoms. The lowest BCUT2D eigenvalue weighted by Crippen LogP contribution is -2.70. The van der Waals surface area contributed by atoms with Crippen molar-refractivity contribution in [3.63, 3.8) is 0 Å². The van der Waals surface area contributed by atoms with Crippen LogP contribution in [0.15, 0.2) is 24.8 Å². The Kier molecular flexibility index (Phi) is 10.1. The van der Waals surface area contributed by atoms with Crippen molar-refractivity contribution in [3.8, 4) is 0 Å². The van der Waals surface area contributed by atoms with E-state index in [2.05, 4.69) is 27.4 Å². The third kappa shape index (κ3) is 8.00. The third-order valence-corrected chi connectivity index (χ3v) is 11.8. The Morgan fingerprint density at radius 2 is 1.93 bits per heavy atom. The van der Waals surface area contributed by atoms with Gasteiger partial charge in [-0.05, 0) is 44.1 Å². The molecule has 7 atom stereocenters. The van der Waals surface area contributed by atoms with Crippen molar-refractivity contribution in [2.75, 3.05) is 19.8 Å². The molecule has 0 aromatic heterocycles. The number of amides is 1. The molecule has 3 heterocycles. The van der Waals surface area contributed by atoms with Crippen LogP contribution in [0, 0.1) is 0 Å². The van der Waals surface area contributed by atoms with Gasteiger partial charge >= 0.3 is 12.1 Å². The summed E-state index contributed by atoms with van der Waals surface area (Å²) in [6, 6.07) is -1.47. The van der Waals surface area contributed by atoms with Crippen LogP contribution in [0.4, 0.5) is 13.2 Å². The van der Waals surface area contributed by atoms with E-state index in [1.807, 2.05) is 18.4 Å². The highest BCUT2D eigenvalue weighted by atomic mass is 28.4. The fraction of sp³-hybridized carbons (Fsp3) is 0.769. The molecule has 0 aromatic carbocycles. The number of hydrogen-bond acceptors (Lipinski definition) is 9. The van der Waals surface area contributed by atoms with E-state index in [1.54, 1.807) is 13.8 Å². The largest absolute Gasteiger partial charge is 0.471 e. The molecule has 0 aliphatic carbocycles. The first kappa shape index (κ1) is 32.9. The van der Waals surface area contributed by atoms with Crippen LogP contribution in [-0.2, 0) is 42.4 Å². The van der Waals surface area contributed by atoms with Gasteiger partial charge in [0, 0.05) is 0 Å². The van der Waals surface area contributed by atoms with Gasteiger partial charge < -0.3 is 38.2 Å². The molecule has 0 aromatic rings. The smallest absolute Gasteiger partial charge is 0.414 e. The number of nitrogens with one attached hydrogen (secondary N) is 1. The Labute approximate surface area is 233 Å². The first-order valence-electron chi connectivity index (χ1n) is 13.1. The van der Waals surface area contributed by atoms with E-state index in [4.69, 9.17) is 32.8 Å². The van der Waals surface area contributed by atoms with E-state index >= 15 is 0 Å². The molecular formula is C26H40F3NO9Si. The zero-order valence-corrected chi connectivity index (χ0v) is 24.9. The molecule has 3 aliphatic heterocycles. The van der Waals surface area contributed by atoms with Crippen molar-refractivity contribution in [1.29, 1.82) is 0 Å². The van der Waals surface area contributed by atoms with E-state index in [0.29, 0.717) is 0 Å². The van der Waals surface area contributed by atoms with Crippen LogP contribution in [0.25, 0.3) is 0 Å². The maximum atomic E-state index is 13.3. The van der Waals surface area contributed by atoms with Gasteiger partial charge in [-0.15, -0.1) is 6.58 Å². The molecule has 0 saturated carbocycles. The van der Waals surface area contributed by atoms with Gasteiger partial charge in [0.15, 0.2) is 32.5 Å². The van der Waals surface area contributed by atoms with Crippen LogP contribution in [0.1, 0.15) is 34.6 Å². The number of ether oxygens (including phenoxy) is 6. The number of carbonyl (C=O) groups excluding carboxylic acids is 2. The highest BCUT2D eigenvalue weighted by Gasteiger charge is 2.55. The van der Waals surface area contributed by atoms with E-state index in [9.17, 15) is 22.8 Å². The monoisotopic (exact) mass is 595 g/mol. The van der Waals surface area contributed by atoms with Gasteiger partial charge in [0.25, 0.3) is 0 Å². The Bertz CT molecular complexity index is 966. The van der Waals surface area contributed by atoms with Crippen molar-refractivity contribution in [2.45, 2.75) is 108 Å². The van der Waals surface area contributed by atoms with Crippen LogP contribution in [-0.4, -0.2) is 94.8 Å². The Balaban J connectivity index is 1.87. The summed E-state index contributed by atoms with van der Waals surface area (Å²) >= 11 is 0. The molecular weight excluding hydrogens is 555 g/mol. The summed E-state index contributed by atoms with van der Waals surface area (Å²) < 4.78 is 81.2. The van der Waals surface area contributed by atoms with Gasteiger partial charge in [-0.2, -0.15) is 13.2 Å². The highest BCUT2D eigenvalue weighted by molar-refractivity contribution is 6.74. The van der Waals surface area contributed by atoms with Gasteiger partial charge in [-0.1, -0.05) is 26.8 Å². The van der Waals surface area contributed by atoms with Crippen molar-refractivity contribution in [3.05, 3.63) is 24.8 Å². The predicted octanol–water partition coefficient (Wildman–Crippen LogP) is 3.37. The number of halogens is 3. The normalized spacial score (nSPS) is 32.9. The summed E-state index contributed by atoms with van der Waals surface area (Å²) in [5, 5.41) is 1.83. The zero-order chi connectivity index (χ0) is 30.1. The maximum absolute atomic E-state index is 13.3. The summed E-state index contributed by atoms with van der Waals surface area (Å²) in [7, 11) is -2.22. The summed E-state index contributed by atoms with van der Waals surface area (Å²) in [5.74, 6) is -3.67. The second-order valence-electron chi connectivity index (χ2n) is 11.9. The minimum absolute atomic E-state index is 0.0178. The minimum Gasteiger partial charge on any atom is -0.414 e. The minimum atomic E-state index is -5.18. The zero-order valence-electron chi connectivity index (χ0n) is 23.9. The molecule has 3 rings (SSSR count).